The Hall–Kier alpha value is -1.85. The molecule has 0 aliphatic rings. The van der Waals surface area contributed by atoms with Gasteiger partial charge in [0.25, 0.3) is 10.0 Å². The molecule has 2 rings (SSSR count). The number of hydrogen-bond acceptors (Lipinski definition) is 6. The summed E-state index contributed by atoms with van der Waals surface area (Å²) in [4.78, 5) is 0.339. The second-order valence-electron chi connectivity index (χ2n) is 2.75. The van der Waals surface area contributed by atoms with Crippen LogP contribution in [0.4, 0.5) is 5.69 Å². The molecule has 0 atom stereocenters. The zero-order valence-electron chi connectivity index (χ0n) is 7.75. The number of nitrogens with one attached hydrogen (secondary N) is 1. The van der Waals surface area contributed by atoms with Gasteiger partial charge in [0.15, 0.2) is 0 Å². The third-order valence-electron chi connectivity index (χ3n) is 1.64. The summed E-state index contributed by atoms with van der Waals surface area (Å²) < 4.78 is 30.3. The number of sulfonamides is 1. The maximum absolute atomic E-state index is 11.7. The summed E-state index contributed by atoms with van der Waals surface area (Å²) in [6, 6.07) is 4.70. The molecule has 2 aromatic rings. The van der Waals surface area contributed by atoms with Gasteiger partial charge in [0.1, 0.15) is 27.1 Å². The number of aromatic nitrogens is 1. The minimum absolute atomic E-state index is 0.0743. The minimum atomic E-state index is -3.66. The highest BCUT2D eigenvalue weighted by atomic mass is 32.2. The Morgan fingerprint density at radius 3 is 2.88 bits per heavy atom. The normalized spacial score (nSPS) is 10.9. The van der Waals surface area contributed by atoms with Gasteiger partial charge in [0.2, 0.25) is 0 Å². The first-order valence-corrected chi connectivity index (χ1v) is 6.34. The Morgan fingerprint density at radius 2 is 2.31 bits per heavy atom. The van der Waals surface area contributed by atoms with Crippen LogP contribution in [0.3, 0.4) is 0 Å². The van der Waals surface area contributed by atoms with E-state index in [1.165, 1.54) is 24.6 Å². The van der Waals surface area contributed by atoms with Crippen molar-refractivity contribution in [3.05, 3.63) is 29.5 Å². The molecular weight excluding hydrogens is 250 g/mol. The van der Waals surface area contributed by atoms with Crippen LogP contribution in [0, 0.1) is 11.3 Å². The van der Waals surface area contributed by atoms with Crippen LogP contribution in [0.2, 0.25) is 0 Å². The number of anilines is 1. The second kappa shape index (κ2) is 3.96. The van der Waals surface area contributed by atoms with E-state index in [1.54, 1.807) is 0 Å². The van der Waals surface area contributed by atoms with Crippen molar-refractivity contribution in [2.45, 2.75) is 4.21 Å². The van der Waals surface area contributed by atoms with Crippen molar-refractivity contribution in [3.8, 4) is 6.07 Å². The van der Waals surface area contributed by atoms with Crippen molar-refractivity contribution in [2.24, 2.45) is 0 Å². The lowest BCUT2D eigenvalue weighted by Crippen LogP contribution is -2.10. The summed E-state index contributed by atoms with van der Waals surface area (Å²) in [5, 5.41) is 12.0. The van der Waals surface area contributed by atoms with Gasteiger partial charge in [-0.1, -0.05) is 5.16 Å². The van der Waals surface area contributed by atoms with Gasteiger partial charge in [-0.25, -0.2) is 8.42 Å². The summed E-state index contributed by atoms with van der Waals surface area (Å²) in [6.07, 6.45) is 2.42. The lowest BCUT2D eigenvalue weighted by Gasteiger charge is -2.00. The topological polar surface area (TPSA) is 96.0 Å². The quantitative estimate of drug-likeness (QED) is 0.894. The molecule has 0 unspecified atom stereocenters. The zero-order valence-corrected chi connectivity index (χ0v) is 9.38. The highest BCUT2D eigenvalue weighted by molar-refractivity contribution is 7.94. The third-order valence-corrected chi connectivity index (χ3v) is 4.50. The fourth-order valence-electron chi connectivity index (χ4n) is 0.985. The average molecular weight is 255 g/mol. The van der Waals surface area contributed by atoms with E-state index in [9.17, 15) is 8.42 Å². The maximum Gasteiger partial charge on any atom is 0.271 e. The number of rotatable bonds is 3. The molecule has 2 heterocycles. The van der Waals surface area contributed by atoms with Gasteiger partial charge in [-0.15, -0.1) is 11.3 Å². The predicted octanol–water partition coefficient (Wildman–Crippen LogP) is 1.41. The van der Waals surface area contributed by atoms with Gasteiger partial charge >= 0.3 is 0 Å². The van der Waals surface area contributed by atoms with Gasteiger partial charge in [-0.05, 0) is 12.1 Å². The molecule has 0 bridgehead atoms. The smallest absolute Gasteiger partial charge is 0.271 e. The first-order chi connectivity index (χ1) is 7.62. The van der Waals surface area contributed by atoms with Crippen molar-refractivity contribution < 1.29 is 12.9 Å². The largest absolute Gasteiger partial charge is 0.362 e. The van der Waals surface area contributed by atoms with E-state index in [0.29, 0.717) is 4.88 Å². The summed E-state index contributed by atoms with van der Waals surface area (Å²) in [7, 11) is -3.66. The third kappa shape index (κ3) is 2.05. The molecule has 2 aromatic heterocycles. The Bertz CT molecular complexity index is 622. The van der Waals surface area contributed by atoms with Crippen molar-refractivity contribution >= 4 is 27.0 Å². The van der Waals surface area contributed by atoms with E-state index in [0.717, 1.165) is 11.3 Å². The molecule has 0 aliphatic heterocycles. The maximum atomic E-state index is 11.7. The molecule has 0 aromatic carbocycles. The molecule has 0 radical (unpaired) electrons. The Morgan fingerprint density at radius 1 is 1.50 bits per heavy atom. The molecule has 0 saturated heterocycles. The van der Waals surface area contributed by atoms with Crippen LogP contribution in [0.1, 0.15) is 4.88 Å². The minimum Gasteiger partial charge on any atom is -0.362 e. The Labute approximate surface area is 95.2 Å². The van der Waals surface area contributed by atoms with E-state index in [1.807, 2.05) is 6.07 Å². The first-order valence-electron chi connectivity index (χ1n) is 4.04. The molecule has 82 valence electrons. The van der Waals surface area contributed by atoms with Crippen LogP contribution in [-0.4, -0.2) is 13.6 Å². The monoisotopic (exact) mass is 255 g/mol. The van der Waals surface area contributed by atoms with Crippen LogP contribution < -0.4 is 4.72 Å². The van der Waals surface area contributed by atoms with Crippen LogP contribution >= 0.6 is 11.3 Å². The number of thiophene rings is 1. The Balaban J connectivity index is 2.29. The van der Waals surface area contributed by atoms with Crippen molar-refractivity contribution in [1.82, 2.24) is 5.16 Å². The van der Waals surface area contributed by atoms with Crippen LogP contribution in [0.5, 0.6) is 0 Å². The lowest BCUT2D eigenvalue weighted by atomic mass is 10.5. The molecule has 1 N–H and O–H groups in total. The van der Waals surface area contributed by atoms with Crippen LogP contribution in [0.15, 0.2) is 33.3 Å². The number of nitriles is 1. The summed E-state index contributed by atoms with van der Waals surface area (Å²) in [6.45, 7) is 0. The Kier molecular flexibility index (Phi) is 2.64. The van der Waals surface area contributed by atoms with Crippen molar-refractivity contribution in [1.29, 1.82) is 5.26 Å². The second-order valence-corrected chi connectivity index (χ2v) is 5.74. The highest BCUT2D eigenvalue weighted by Gasteiger charge is 2.17. The fourth-order valence-corrected chi connectivity index (χ4v) is 3.11. The van der Waals surface area contributed by atoms with Gasteiger partial charge < -0.3 is 4.52 Å². The van der Waals surface area contributed by atoms with E-state index in [-0.39, 0.29) is 9.90 Å². The van der Waals surface area contributed by atoms with Crippen LogP contribution in [-0.2, 0) is 10.0 Å². The predicted molar refractivity (Wildman–Crippen MR) is 56.3 cm³/mol. The average Bonchev–Trinajstić information content (AvgIpc) is 2.85. The van der Waals surface area contributed by atoms with Crippen molar-refractivity contribution in [2.75, 3.05) is 4.72 Å². The molecule has 16 heavy (non-hydrogen) atoms. The lowest BCUT2D eigenvalue weighted by molar-refractivity contribution is 0.420. The molecule has 0 saturated carbocycles. The summed E-state index contributed by atoms with van der Waals surface area (Å²) in [5.41, 5.74) is 0.243. The van der Waals surface area contributed by atoms with Gasteiger partial charge in [-0.2, -0.15) is 5.26 Å². The van der Waals surface area contributed by atoms with E-state index in [4.69, 9.17) is 5.26 Å². The summed E-state index contributed by atoms with van der Waals surface area (Å²) >= 11 is 0.899. The molecule has 0 spiro atoms. The van der Waals surface area contributed by atoms with E-state index >= 15 is 0 Å². The van der Waals surface area contributed by atoms with Gasteiger partial charge in [-0.3, -0.25) is 4.72 Å². The molecule has 0 amide bonds. The number of hydrogen-bond donors (Lipinski definition) is 1. The SMILES string of the molecule is N#Cc1ccc(S(=O)(=O)Nc2cnoc2)s1. The first kappa shape index (κ1) is 10.7. The van der Waals surface area contributed by atoms with Gasteiger partial charge in [0.05, 0.1) is 6.20 Å². The molecule has 0 fully saturated rings. The molecule has 8 heteroatoms. The highest BCUT2D eigenvalue weighted by Crippen LogP contribution is 2.23. The van der Waals surface area contributed by atoms with E-state index in [2.05, 4.69) is 14.4 Å². The zero-order chi connectivity index (χ0) is 11.6. The summed E-state index contributed by atoms with van der Waals surface area (Å²) in [5.74, 6) is 0. The van der Waals surface area contributed by atoms with Crippen molar-refractivity contribution in [3.63, 3.8) is 0 Å². The van der Waals surface area contributed by atoms with E-state index < -0.39 is 10.0 Å². The molecule has 6 nitrogen and oxygen atoms in total. The molecular formula is C8H5N3O3S2. The van der Waals surface area contributed by atoms with Gasteiger partial charge in [0, 0.05) is 0 Å². The standard InChI is InChI=1S/C8H5N3O3S2/c9-3-7-1-2-8(15-7)16(12,13)11-6-4-10-14-5-6/h1-2,4-5,11H. The van der Waals surface area contributed by atoms with Crippen LogP contribution in [0.25, 0.3) is 0 Å². The molecule has 0 aliphatic carbocycles. The number of nitrogens with zero attached hydrogens (tertiary/aromatic N) is 2. The fraction of sp³-hybridized carbons (Fsp3) is 0.